The summed E-state index contributed by atoms with van der Waals surface area (Å²) in [5.41, 5.74) is 0.324. The predicted molar refractivity (Wildman–Crippen MR) is 57.1 cm³/mol. The summed E-state index contributed by atoms with van der Waals surface area (Å²) >= 11 is 0. The zero-order chi connectivity index (χ0) is 11.4. The number of amides is 1. The monoisotopic (exact) mass is 200 g/mol. The van der Waals surface area contributed by atoms with Crippen LogP contribution in [0.2, 0.25) is 0 Å². The van der Waals surface area contributed by atoms with Crippen LogP contribution in [0.25, 0.3) is 0 Å². The number of ether oxygens (including phenoxy) is 1. The van der Waals surface area contributed by atoms with E-state index in [-0.39, 0.29) is 6.09 Å². The Kier molecular flexibility index (Phi) is 4.47. The first-order valence-corrected chi connectivity index (χ1v) is 4.56. The molecule has 0 saturated heterocycles. The van der Waals surface area contributed by atoms with Gasteiger partial charge in [0.15, 0.2) is 0 Å². The summed E-state index contributed by atoms with van der Waals surface area (Å²) in [6, 6.07) is 0. The van der Waals surface area contributed by atoms with E-state index >= 15 is 0 Å². The second-order valence-corrected chi connectivity index (χ2v) is 4.19. The quantitative estimate of drug-likeness (QED) is 0.752. The van der Waals surface area contributed by atoms with Crippen molar-refractivity contribution < 1.29 is 9.53 Å². The van der Waals surface area contributed by atoms with Gasteiger partial charge in [-0.3, -0.25) is 0 Å². The summed E-state index contributed by atoms with van der Waals surface area (Å²) in [7, 11) is 3.45. The largest absolute Gasteiger partial charge is 0.444 e. The summed E-state index contributed by atoms with van der Waals surface area (Å²) in [5.74, 6) is 0. The first-order valence-electron chi connectivity index (χ1n) is 4.56. The third-order valence-corrected chi connectivity index (χ3v) is 1.49. The van der Waals surface area contributed by atoms with Gasteiger partial charge in [0.2, 0.25) is 0 Å². The third kappa shape index (κ3) is 5.45. The van der Waals surface area contributed by atoms with Crippen molar-refractivity contribution in [1.29, 1.82) is 0 Å². The standard InChI is InChI=1S/C10H20N2O2/c1-8(11-5)7-12(6)9(13)14-10(2,3)4/h11H,1,7H2,2-6H3. The lowest BCUT2D eigenvalue weighted by atomic mass is 10.2. The van der Waals surface area contributed by atoms with Crippen molar-refractivity contribution in [3.63, 3.8) is 0 Å². The van der Waals surface area contributed by atoms with Gasteiger partial charge < -0.3 is 15.0 Å². The summed E-state index contributed by atoms with van der Waals surface area (Å²) in [4.78, 5) is 12.9. The highest BCUT2D eigenvalue weighted by Gasteiger charge is 2.19. The van der Waals surface area contributed by atoms with Crippen molar-refractivity contribution >= 4 is 6.09 Å². The van der Waals surface area contributed by atoms with Crippen molar-refractivity contribution in [1.82, 2.24) is 10.2 Å². The van der Waals surface area contributed by atoms with Crippen molar-refractivity contribution in [2.45, 2.75) is 26.4 Å². The number of carbonyl (C=O) groups is 1. The topological polar surface area (TPSA) is 41.6 Å². The molecule has 0 aliphatic rings. The van der Waals surface area contributed by atoms with Crippen LogP contribution in [0.3, 0.4) is 0 Å². The molecular weight excluding hydrogens is 180 g/mol. The molecule has 0 spiro atoms. The molecular formula is C10H20N2O2. The van der Waals surface area contributed by atoms with Crippen molar-refractivity contribution in [3.05, 3.63) is 12.3 Å². The molecule has 0 heterocycles. The van der Waals surface area contributed by atoms with Gasteiger partial charge in [-0.1, -0.05) is 6.58 Å². The molecule has 0 rings (SSSR count). The number of rotatable bonds is 3. The van der Waals surface area contributed by atoms with Gasteiger partial charge in [-0.15, -0.1) is 0 Å². The molecule has 4 heteroatoms. The van der Waals surface area contributed by atoms with Crippen molar-refractivity contribution in [2.24, 2.45) is 0 Å². The number of likely N-dealkylation sites (N-methyl/N-ethyl adjacent to an activating group) is 2. The van der Waals surface area contributed by atoms with Gasteiger partial charge in [-0.2, -0.15) is 0 Å². The van der Waals surface area contributed by atoms with Crippen LogP contribution in [-0.4, -0.2) is 37.2 Å². The number of nitrogens with zero attached hydrogens (tertiary/aromatic N) is 1. The van der Waals surface area contributed by atoms with Crippen molar-refractivity contribution in [2.75, 3.05) is 20.6 Å². The molecule has 0 fully saturated rings. The first kappa shape index (κ1) is 12.8. The van der Waals surface area contributed by atoms with Crippen LogP contribution < -0.4 is 5.32 Å². The predicted octanol–water partition coefficient (Wildman–Crippen LogP) is 1.59. The maximum atomic E-state index is 11.4. The Labute approximate surface area is 85.9 Å². The lowest BCUT2D eigenvalue weighted by Gasteiger charge is -2.25. The minimum Gasteiger partial charge on any atom is -0.444 e. The van der Waals surface area contributed by atoms with Crippen LogP contribution in [-0.2, 0) is 4.74 Å². The van der Waals surface area contributed by atoms with E-state index in [0.29, 0.717) is 6.54 Å². The minimum absolute atomic E-state index is 0.339. The molecule has 0 aromatic heterocycles. The number of hydrogen-bond acceptors (Lipinski definition) is 3. The molecule has 14 heavy (non-hydrogen) atoms. The van der Waals surface area contributed by atoms with Gasteiger partial charge in [-0.25, -0.2) is 4.79 Å². The van der Waals surface area contributed by atoms with Gasteiger partial charge in [0.1, 0.15) is 5.60 Å². The Balaban J connectivity index is 4.07. The van der Waals surface area contributed by atoms with E-state index in [9.17, 15) is 4.79 Å². The molecule has 0 atom stereocenters. The smallest absolute Gasteiger partial charge is 0.410 e. The van der Waals surface area contributed by atoms with E-state index in [1.807, 2.05) is 20.8 Å². The number of hydrogen-bond donors (Lipinski definition) is 1. The minimum atomic E-state index is -0.452. The Morgan fingerprint density at radius 3 is 2.36 bits per heavy atom. The SMILES string of the molecule is C=C(CN(C)C(=O)OC(C)(C)C)NC. The van der Waals surface area contributed by atoms with E-state index in [1.165, 1.54) is 4.90 Å². The molecule has 0 radical (unpaired) electrons. The lowest BCUT2D eigenvalue weighted by Crippen LogP contribution is -2.36. The fourth-order valence-electron chi connectivity index (χ4n) is 0.770. The fraction of sp³-hybridized carbons (Fsp3) is 0.700. The van der Waals surface area contributed by atoms with Gasteiger partial charge in [-0.05, 0) is 20.8 Å². The zero-order valence-electron chi connectivity index (χ0n) is 9.68. The summed E-state index contributed by atoms with van der Waals surface area (Å²) in [5, 5.41) is 2.87. The maximum absolute atomic E-state index is 11.4. The molecule has 0 aromatic rings. The molecule has 0 aromatic carbocycles. The molecule has 0 bridgehead atoms. The fourth-order valence-corrected chi connectivity index (χ4v) is 0.770. The average molecular weight is 200 g/mol. The summed E-state index contributed by atoms with van der Waals surface area (Å²) in [6.45, 7) is 9.70. The zero-order valence-corrected chi connectivity index (χ0v) is 9.68. The molecule has 1 N–H and O–H groups in total. The molecule has 82 valence electrons. The highest BCUT2D eigenvalue weighted by Crippen LogP contribution is 2.09. The van der Waals surface area contributed by atoms with Crippen LogP contribution >= 0.6 is 0 Å². The second kappa shape index (κ2) is 4.88. The van der Waals surface area contributed by atoms with E-state index in [0.717, 1.165) is 5.70 Å². The number of carbonyl (C=O) groups excluding carboxylic acids is 1. The van der Waals surface area contributed by atoms with Crippen LogP contribution in [0.4, 0.5) is 4.79 Å². The van der Waals surface area contributed by atoms with Crippen LogP contribution in [0.1, 0.15) is 20.8 Å². The van der Waals surface area contributed by atoms with Crippen LogP contribution in [0.15, 0.2) is 12.3 Å². The average Bonchev–Trinajstić information content (AvgIpc) is 2.00. The van der Waals surface area contributed by atoms with Gasteiger partial charge in [0.05, 0.1) is 6.54 Å². The Morgan fingerprint density at radius 2 is 2.00 bits per heavy atom. The first-order chi connectivity index (χ1) is 6.26. The third-order valence-electron chi connectivity index (χ3n) is 1.49. The molecule has 0 saturated carbocycles. The van der Waals surface area contributed by atoms with Gasteiger partial charge >= 0.3 is 6.09 Å². The lowest BCUT2D eigenvalue weighted by molar-refractivity contribution is 0.0312. The molecule has 0 unspecified atom stereocenters. The van der Waals surface area contributed by atoms with Crippen LogP contribution in [0.5, 0.6) is 0 Å². The second-order valence-electron chi connectivity index (χ2n) is 4.19. The molecule has 4 nitrogen and oxygen atoms in total. The maximum Gasteiger partial charge on any atom is 0.410 e. The van der Waals surface area contributed by atoms with E-state index in [1.54, 1.807) is 14.1 Å². The number of nitrogens with one attached hydrogen (secondary N) is 1. The Bertz CT molecular complexity index is 219. The molecule has 0 aliphatic carbocycles. The summed E-state index contributed by atoms with van der Waals surface area (Å²) < 4.78 is 5.16. The highest BCUT2D eigenvalue weighted by molar-refractivity contribution is 5.68. The van der Waals surface area contributed by atoms with E-state index in [4.69, 9.17) is 4.74 Å². The molecule has 0 aliphatic heterocycles. The summed E-state index contributed by atoms with van der Waals surface area (Å²) in [6.07, 6.45) is -0.339. The van der Waals surface area contributed by atoms with Gasteiger partial charge in [0.25, 0.3) is 0 Å². The van der Waals surface area contributed by atoms with E-state index < -0.39 is 5.60 Å². The Hall–Kier alpha value is -1.19. The van der Waals surface area contributed by atoms with Crippen LogP contribution in [0, 0.1) is 0 Å². The van der Waals surface area contributed by atoms with Crippen molar-refractivity contribution in [3.8, 4) is 0 Å². The highest BCUT2D eigenvalue weighted by atomic mass is 16.6. The normalized spacial score (nSPS) is 10.6. The Morgan fingerprint density at radius 1 is 1.50 bits per heavy atom. The van der Waals surface area contributed by atoms with Gasteiger partial charge in [0, 0.05) is 19.8 Å². The van der Waals surface area contributed by atoms with E-state index in [2.05, 4.69) is 11.9 Å². The molecule has 1 amide bonds.